The molecule has 0 unspecified atom stereocenters. The minimum atomic E-state index is -0.342. The summed E-state index contributed by atoms with van der Waals surface area (Å²) in [4.78, 5) is 34.2. The van der Waals surface area contributed by atoms with E-state index in [1.807, 2.05) is 41.8 Å². The summed E-state index contributed by atoms with van der Waals surface area (Å²) in [5, 5.41) is 3.44. The van der Waals surface area contributed by atoms with Gasteiger partial charge in [0.2, 0.25) is 5.91 Å². The molecule has 4 rings (SSSR count). The topological polar surface area (TPSA) is 91.0 Å². The van der Waals surface area contributed by atoms with E-state index in [1.54, 1.807) is 25.3 Å². The van der Waals surface area contributed by atoms with E-state index >= 15 is 0 Å². The van der Waals surface area contributed by atoms with Gasteiger partial charge in [-0.25, -0.2) is 9.97 Å². The van der Waals surface area contributed by atoms with E-state index in [1.165, 1.54) is 10.9 Å². The molecule has 0 aliphatic rings. The number of carbonyl (C=O) groups is 1. The van der Waals surface area contributed by atoms with Gasteiger partial charge in [-0.05, 0) is 31.2 Å². The fourth-order valence-corrected chi connectivity index (χ4v) is 3.57. The molecule has 30 heavy (non-hydrogen) atoms. The third-order valence-corrected chi connectivity index (χ3v) is 5.01. The second-order valence-corrected chi connectivity index (χ2v) is 7.09. The van der Waals surface area contributed by atoms with Gasteiger partial charge in [0, 0.05) is 13.7 Å². The smallest absolute Gasteiger partial charge is 0.261 e. The molecule has 8 nitrogen and oxygen atoms in total. The largest absolute Gasteiger partial charge is 0.383 e. The fourth-order valence-electron chi connectivity index (χ4n) is 3.57. The Morgan fingerprint density at radius 2 is 1.87 bits per heavy atom. The van der Waals surface area contributed by atoms with Crippen LogP contribution < -0.4 is 10.9 Å². The van der Waals surface area contributed by atoms with Gasteiger partial charge in [0.05, 0.1) is 40.9 Å². The van der Waals surface area contributed by atoms with E-state index < -0.39 is 0 Å². The van der Waals surface area contributed by atoms with Gasteiger partial charge in [0.1, 0.15) is 12.4 Å². The van der Waals surface area contributed by atoms with Crippen LogP contribution in [0.15, 0.2) is 59.7 Å². The molecule has 0 saturated carbocycles. The monoisotopic (exact) mass is 405 g/mol. The van der Waals surface area contributed by atoms with E-state index in [9.17, 15) is 9.59 Å². The number of imidazole rings is 1. The number of benzene rings is 2. The normalized spacial score (nSPS) is 12.3. The van der Waals surface area contributed by atoms with Gasteiger partial charge in [-0.3, -0.25) is 14.2 Å². The second kappa shape index (κ2) is 8.46. The molecule has 0 bridgehead atoms. The van der Waals surface area contributed by atoms with Crippen LogP contribution >= 0.6 is 0 Å². The summed E-state index contributed by atoms with van der Waals surface area (Å²) in [6, 6.07) is 14.6. The van der Waals surface area contributed by atoms with Crippen LogP contribution in [-0.2, 0) is 22.6 Å². The maximum Gasteiger partial charge on any atom is 0.261 e. The van der Waals surface area contributed by atoms with Crippen molar-refractivity contribution in [1.29, 1.82) is 0 Å². The fraction of sp³-hybridized carbons (Fsp3) is 0.273. The minimum Gasteiger partial charge on any atom is -0.383 e. The van der Waals surface area contributed by atoms with Crippen LogP contribution in [0.4, 0.5) is 0 Å². The molecule has 0 fully saturated rings. The lowest BCUT2D eigenvalue weighted by Gasteiger charge is -2.16. The van der Waals surface area contributed by atoms with Crippen molar-refractivity contribution in [2.45, 2.75) is 26.1 Å². The Morgan fingerprint density at radius 3 is 2.67 bits per heavy atom. The first-order valence-corrected chi connectivity index (χ1v) is 9.76. The Labute approximate surface area is 173 Å². The van der Waals surface area contributed by atoms with Gasteiger partial charge < -0.3 is 14.6 Å². The number of aromatic nitrogens is 4. The number of hydrogen-bond donors (Lipinski definition) is 1. The number of rotatable bonds is 7. The minimum absolute atomic E-state index is 0.112. The van der Waals surface area contributed by atoms with E-state index in [4.69, 9.17) is 9.72 Å². The van der Waals surface area contributed by atoms with E-state index in [-0.39, 0.29) is 24.1 Å². The predicted molar refractivity (Wildman–Crippen MR) is 114 cm³/mol. The molecule has 1 amide bonds. The maximum atomic E-state index is 12.7. The lowest BCUT2D eigenvalue weighted by Crippen LogP contribution is -2.35. The van der Waals surface area contributed by atoms with Crippen molar-refractivity contribution in [3.05, 3.63) is 71.0 Å². The summed E-state index contributed by atoms with van der Waals surface area (Å²) < 4.78 is 8.59. The zero-order valence-electron chi connectivity index (χ0n) is 16.9. The van der Waals surface area contributed by atoms with Crippen LogP contribution in [-0.4, -0.2) is 38.7 Å². The molecule has 4 aromatic rings. The maximum absolute atomic E-state index is 12.7. The van der Waals surface area contributed by atoms with E-state index in [0.29, 0.717) is 24.1 Å². The summed E-state index contributed by atoms with van der Waals surface area (Å²) >= 11 is 0. The summed E-state index contributed by atoms with van der Waals surface area (Å²) in [5.74, 6) is 0.456. The molecule has 0 saturated heterocycles. The Balaban J connectivity index is 1.55. The number of para-hydroxylation sites is 3. The van der Waals surface area contributed by atoms with Crippen LogP contribution in [0.3, 0.4) is 0 Å². The van der Waals surface area contributed by atoms with Crippen molar-refractivity contribution in [3.63, 3.8) is 0 Å². The highest BCUT2D eigenvalue weighted by atomic mass is 16.5. The molecule has 0 aliphatic carbocycles. The molecule has 2 aromatic carbocycles. The Morgan fingerprint density at radius 1 is 1.13 bits per heavy atom. The van der Waals surface area contributed by atoms with Crippen molar-refractivity contribution < 1.29 is 9.53 Å². The number of hydrogen-bond acceptors (Lipinski definition) is 5. The molecule has 154 valence electrons. The molecule has 1 N–H and O–H groups in total. The third kappa shape index (κ3) is 3.81. The zero-order chi connectivity index (χ0) is 21.1. The van der Waals surface area contributed by atoms with Crippen LogP contribution in [0.25, 0.3) is 21.9 Å². The number of ether oxygens (including phenoxy) is 1. The molecule has 1 atom stereocenters. The molecule has 0 radical (unpaired) electrons. The summed E-state index contributed by atoms with van der Waals surface area (Å²) in [6.07, 6.45) is 1.41. The van der Waals surface area contributed by atoms with Crippen molar-refractivity contribution in [3.8, 4) is 0 Å². The highest BCUT2D eigenvalue weighted by Gasteiger charge is 2.19. The summed E-state index contributed by atoms with van der Waals surface area (Å²) in [7, 11) is 1.65. The first-order chi connectivity index (χ1) is 14.6. The Hall–Kier alpha value is -3.52. The predicted octanol–water partition coefficient (Wildman–Crippen LogP) is 2.27. The SMILES string of the molecule is COCCn1c([C@@H](C)NC(=O)Cn2cnc3ccccc3c2=O)nc2ccccc21. The van der Waals surface area contributed by atoms with Crippen LogP contribution in [0.5, 0.6) is 0 Å². The lowest BCUT2D eigenvalue weighted by molar-refractivity contribution is -0.122. The van der Waals surface area contributed by atoms with Crippen LogP contribution in [0, 0.1) is 0 Å². The first-order valence-electron chi connectivity index (χ1n) is 9.76. The van der Waals surface area contributed by atoms with Gasteiger partial charge in [-0.1, -0.05) is 24.3 Å². The molecular formula is C22H23N5O3. The number of carbonyl (C=O) groups excluding carboxylic acids is 1. The zero-order valence-corrected chi connectivity index (χ0v) is 16.9. The first kappa shape index (κ1) is 19.8. The van der Waals surface area contributed by atoms with Crippen LogP contribution in [0.2, 0.25) is 0 Å². The van der Waals surface area contributed by atoms with Gasteiger partial charge in [-0.2, -0.15) is 0 Å². The standard InChI is InChI=1S/C22H23N5O3/c1-15(21-25-18-9-5-6-10-19(18)27(21)11-12-30-2)24-20(28)13-26-14-23-17-8-4-3-7-16(17)22(26)29/h3-10,14-15H,11-13H2,1-2H3,(H,24,28)/t15-/m1/s1. The summed E-state index contributed by atoms with van der Waals surface area (Å²) in [5.41, 5.74) is 2.22. The highest BCUT2D eigenvalue weighted by Crippen LogP contribution is 2.20. The van der Waals surface area contributed by atoms with Crippen molar-refractivity contribution in [1.82, 2.24) is 24.4 Å². The Bertz CT molecular complexity index is 1260. The van der Waals surface area contributed by atoms with Gasteiger partial charge >= 0.3 is 0 Å². The molecule has 8 heteroatoms. The third-order valence-electron chi connectivity index (χ3n) is 5.01. The van der Waals surface area contributed by atoms with E-state index in [2.05, 4.69) is 10.3 Å². The highest BCUT2D eigenvalue weighted by molar-refractivity contribution is 5.79. The van der Waals surface area contributed by atoms with Crippen LogP contribution in [0.1, 0.15) is 18.8 Å². The quantitative estimate of drug-likeness (QED) is 0.509. The second-order valence-electron chi connectivity index (χ2n) is 7.09. The van der Waals surface area contributed by atoms with Crippen molar-refractivity contribution in [2.24, 2.45) is 0 Å². The lowest BCUT2D eigenvalue weighted by atomic mass is 10.2. The van der Waals surface area contributed by atoms with E-state index in [0.717, 1.165) is 16.9 Å². The van der Waals surface area contributed by atoms with Crippen molar-refractivity contribution in [2.75, 3.05) is 13.7 Å². The molecule has 0 spiro atoms. The number of methoxy groups -OCH3 is 1. The number of nitrogens with zero attached hydrogens (tertiary/aromatic N) is 4. The number of amides is 1. The van der Waals surface area contributed by atoms with Gasteiger partial charge in [0.15, 0.2) is 0 Å². The molecule has 2 aromatic heterocycles. The summed E-state index contributed by atoms with van der Waals surface area (Å²) in [6.45, 7) is 2.93. The average molecular weight is 405 g/mol. The number of nitrogens with one attached hydrogen (secondary N) is 1. The van der Waals surface area contributed by atoms with Crippen molar-refractivity contribution >= 4 is 27.8 Å². The average Bonchev–Trinajstić information content (AvgIpc) is 3.13. The van der Waals surface area contributed by atoms with Gasteiger partial charge in [0.25, 0.3) is 5.56 Å². The molecule has 2 heterocycles. The number of fused-ring (bicyclic) bond motifs is 2. The van der Waals surface area contributed by atoms with Gasteiger partial charge in [-0.15, -0.1) is 0 Å². The molecular weight excluding hydrogens is 382 g/mol. The Kier molecular flexibility index (Phi) is 5.58. The molecule has 0 aliphatic heterocycles.